The number of nitrogens with one attached hydrogen (secondary N) is 2. The summed E-state index contributed by atoms with van der Waals surface area (Å²) >= 11 is 0. The van der Waals surface area contributed by atoms with E-state index in [4.69, 9.17) is 0 Å². The zero-order valence-corrected chi connectivity index (χ0v) is 14.0. The van der Waals surface area contributed by atoms with Crippen LogP contribution in [0, 0.1) is 0 Å². The Morgan fingerprint density at radius 1 is 0.962 bits per heavy atom. The van der Waals surface area contributed by atoms with Gasteiger partial charge in [0.1, 0.15) is 0 Å². The van der Waals surface area contributed by atoms with Crippen molar-refractivity contribution < 1.29 is 4.79 Å². The summed E-state index contributed by atoms with van der Waals surface area (Å²) in [4.78, 5) is 27.3. The van der Waals surface area contributed by atoms with Crippen LogP contribution in [0.3, 0.4) is 0 Å². The average molecular weight is 343 g/mol. The monoisotopic (exact) mass is 343 g/mol. The van der Waals surface area contributed by atoms with Gasteiger partial charge >= 0.3 is 0 Å². The highest BCUT2D eigenvalue weighted by Crippen LogP contribution is 2.12. The molecule has 128 valence electrons. The molecule has 2 N–H and O–H groups in total. The number of H-pyrrole nitrogens is 1. The molecule has 2 aromatic carbocycles. The lowest BCUT2D eigenvalue weighted by Crippen LogP contribution is -2.26. The maximum Gasteiger partial charge on any atom is 0.253 e. The molecule has 1 amide bonds. The normalized spacial score (nSPS) is 10.8. The van der Waals surface area contributed by atoms with Gasteiger partial charge in [0.05, 0.1) is 0 Å². The minimum atomic E-state index is -0.211. The van der Waals surface area contributed by atoms with Crippen molar-refractivity contribution in [2.24, 2.45) is 0 Å². The summed E-state index contributed by atoms with van der Waals surface area (Å²) in [6.45, 7) is 0.179. The Morgan fingerprint density at radius 2 is 1.69 bits per heavy atom. The Morgan fingerprint density at radius 3 is 2.46 bits per heavy atom. The molecule has 0 radical (unpaired) electrons. The van der Waals surface area contributed by atoms with Crippen LogP contribution >= 0.6 is 0 Å². The summed E-state index contributed by atoms with van der Waals surface area (Å²) in [5.74, 6) is -0.211. The van der Waals surface area contributed by atoms with E-state index in [2.05, 4.69) is 10.3 Å². The molecule has 5 heteroatoms. The fourth-order valence-electron chi connectivity index (χ4n) is 2.89. The number of hydrogen-bond donors (Lipinski definition) is 2. The molecule has 0 aliphatic heterocycles. The van der Waals surface area contributed by atoms with E-state index in [1.165, 1.54) is 0 Å². The van der Waals surface area contributed by atoms with E-state index in [-0.39, 0.29) is 18.0 Å². The van der Waals surface area contributed by atoms with Crippen LogP contribution in [0.15, 0.2) is 83.9 Å². The van der Waals surface area contributed by atoms with Crippen molar-refractivity contribution in [3.63, 3.8) is 0 Å². The van der Waals surface area contributed by atoms with Crippen LogP contribution in [0.4, 0.5) is 0 Å². The molecule has 0 spiro atoms. The molecule has 0 saturated carbocycles. The first-order valence-electron chi connectivity index (χ1n) is 8.33. The summed E-state index contributed by atoms with van der Waals surface area (Å²) in [6.07, 6.45) is 3.89. The molecular weight excluding hydrogens is 326 g/mol. The molecule has 0 saturated heterocycles. The van der Waals surface area contributed by atoms with Crippen molar-refractivity contribution in [1.29, 1.82) is 0 Å². The first kappa shape index (κ1) is 15.9. The predicted octanol–water partition coefficient (Wildman–Crippen LogP) is 3.25. The van der Waals surface area contributed by atoms with Crippen molar-refractivity contribution in [3.8, 4) is 5.69 Å². The van der Waals surface area contributed by atoms with Gasteiger partial charge in [-0.05, 0) is 53.9 Å². The third-order valence-corrected chi connectivity index (χ3v) is 4.30. The van der Waals surface area contributed by atoms with Crippen molar-refractivity contribution in [2.45, 2.75) is 6.54 Å². The third kappa shape index (κ3) is 3.15. The smallest absolute Gasteiger partial charge is 0.253 e. The van der Waals surface area contributed by atoms with Gasteiger partial charge in [0.15, 0.2) is 0 Å². The van der Waals surface area contributed by atoms with E-state index in [0.29, 0.717) is 11.1 Å². The highest BCUT2D eigenvalue weighted by molar-refractivity contribution is 5.94. The Kier molecular flexibility index (Phi) is 4.11. The van der Waals surface area contributed by atoms with E-state index >= 15 is 0 Å². The molecule has 4 rings (SSSR count). The Labute approximate surface area is 149 Å². The summed E-state index contributed by atoms with van der Waals surface area (Å²) in [5.41, 5.74) is 2.66. The number of nitrogens with zero attached hydrogens (tertiary/aromatic N) is 1. The van der Waals surface area contributed by atoms with Gasteiger partial charge in [0, 0.05) is 41.3 Å². The average Bonchev–Trinajstić information content (AvgIpc) is 3.21. The second-order valence-corrected chi connectivity index (χ2v) is 6.03. The second kappa shape index (κ2) is 6.72. The second-order valence-electron chi connectivity index (χ2n) is 6.03. The summed E-state index contributed by atoms with van der Waals surface area (Å²) in [5, 5.41) is 3.75. The fraction of sp³-hybridized carbons (Fsp3) is 0.0476. The molecular formula is C21H17N3O2. The lowest BCUT2D eigenvalue weighted by Gasteiger charge is -2.08. The van der Waals surface area contributed by atoms with Gasteiger partial charge < -0.3 is 14.9 Å². The topological polar surface area (TPSA) is 66.9 Å². The number of amides is 1. The summed E-state index contributed by atoms with van der Waals surface area (Å²) in [6, 6.07) is 20.6. The van der Waals surface area contributed by atoms with Crippen LogP contribution < -0.4 is 10.9 Å². The zero-order chi connectivity index (χ0) is 17.9. The number of aromatic amines is 1. The van der Waals surface area contributed by atoms with Gasteiger partial charge in [0.2, 0.25) is 0 Å². The molecule has 0 aliphatic rings. The molecule has 0 atom stereocenters. The van der Waals surface area contributed by atoms with Crippen molar-refractivity contribution in [3.05, 3.63) is 101 Å². The number of fused-ring (bicyclic) bond motifs is 1. The van der Waals surface area contributed by atoms with Gasteiger partial charge in [-0.1, -0.05) is 18.2 Å². The van der Waals surface area contributed by atoms with Crippen LogP contribution in [-0.2, 0) is 6.54 Å². The van der Waals surface area contributed by atoms with Gasteiger partial charge in [-0.2, -0.15) is 0 Å². The molecule has 5 nitrogen and oxygen atoms in total. The lowest BCUT2D eigenvalue weighted by molar-refractivity contribution is 0.0951. The molecule has 2 aromatic heterocycles. The van der Waals surface area contributed by atoms with Crippen LogP contribution in [0.5, 0.6) is 0 Å². The Hall–Kier alpha value is -3.60. The Balaban J connectivity index is 1.48. The van der Waals surface area contributed by atoms with E-state index < -0.39 is 0 Å². The number of para-hydroxylation sites is 1. The number of hydrogen-bond acceptors (Lipinski definition) is 2. The highest BCUT2D eigenvalue weighted by atomic mass is 16.1. The van der Waals surface area contributed by atoms with Crippen molar-refractivity contribution in [2.75, 3.05) is 0 Å². The maximum absolute atomic E-state index is 12.4. The minimum Gasteiger partial charge on any atom is -0.348 e. The fourth-order valence-corrected chi connectivity index (χ4v) is 2.89. The molecule has 0 fully saturated rings. The molecule has 0 unspecified atom stereocenters. The number of pyridine rings is 1. The van der Waals surface area contributed by atoms with E-state index in [9.17, 15) is 9.59 Å². The highest BCUT2D eigenvalue weighted by Gasteiger charge is 2.08. The largest absolute Gasteiger partial charge is 0.348 e. The maximum atomic E-state index is 12.4. The quantitative estimate of drug-likeness (QED) is 0.597. The van der Waals surface area contributed by atoms with Crippen LogP contribution in [0.1, 0.15) is 15.9 Å². The summed E-state index contributed by atoms with van der Waals surface area (Å²) in [7, 11) is 0. The molecule has 4 aromatic rings. The molecule has 26 heavy (non-hydrogen) atoms. The minimum absolute atomic E-state index is 0.179. The first-order chi connectivity index (χ1) is 12.7. The van der Waals surface area contributed by atoms with Crippen molar-refractivity contribution >= 4 is 16.8 Å². The summed E-state index contributed by atoms with van der Waals surface area (Å²) < 4.78 is 1.97. The molecule has 0 bridgehead atoms. The van der Waals surface area contributed by atoms with Crippen LogP contribution in [-0.4, -0.2) is 15.5 Å². The SMILES string of the molecule is O=C(NCc1cc2ccccc2[nH]c1=O)c1ccc(-n2cccc2)cc1. The lowest BCUT2D eigenvalue weighted by atomic mass is 10.1. The van der Waals surface area contributed by atoms with Crippen LogP contribution in [0.2, 0.25) is 0 Å². The van der Waals surface area contributed by atoms with Gasteiger partial charge in [-0.15, -0.1) is 0 Å². The standard InChI is InChI=1S/C21H17N3O2/c25-20(15-7-9-18(10-8-15)24-11-3-4-12-24)22-14-17-13-16-5-1-2-6-19(16)23-21(17)26/h1-13H,14H2,(H,22,25)(H,23,26). The van der Waals surface area contributed by atoms with Crippen LogP contribution in [0.25, 0.3) is 16.6 Å². The molecule has 0 aliphatic carbocycles. The number of aromatic nitrogens is 2. The van der Waals surface area contributed by atoms with Crippen molar-refractivity contribution in [1.82, 2.24) is 14.9 Å². The van der Waals surface area contributed by atoms with E-state index in [1.54, 1.807) is 12.1 Å². The number of rotatable bonds is 4. The number of carbonyl (C=O) groups is 1. The predicted molar refractivity (Wildman–Crippen MR) is 102 cm³/mol. The first-order valence-corrected chi connectivity index (χ1v) is 8.33. The Bertz CT molecular complexity index is 1110. The molecule has 2 heterocycles. The van der Waals surface area contributed by atoms with Gasteiger partial charge in [-0.25, -0.2) is 0 Å². The third-order valence-electron chi connectivity index (χ3n) is 4.30. The number of carbonyl (C=O) groups excluding carboxylic acids is 1. The van der Waals surface area contributed by atoms with E-state index in [0.717, 1.165) is 16.6 Å². The zero-order valence-electron chi connectivity index (χ0n) is 14.0. The van der Waals surface area contributed by atoms with Gasteiger partial charge in [0.25, 0.3) is 11.5 Å². The van der Waals surface area contributed by atoms with Gasteiger partial charge in [-0.3, -0.25) is 9.59 Å². The van der Waals surface area contributed by atoms with E-state index in [1.807, 2.05) is 71.6 Å². The number of benzene rings is 2.